The number of rotatable bonds is 6. The Morgan fingerprint density at radius 2 is 1.75 bits per heavy atom. The highest BCUT2D eigenvalue weighted by atomic mass is 16.5. The summed E-state index contributed by atoms with van der Waals surface area (Å²) >= 11 is 0. The molecule has 3 aromatic rings. The zero-order valence-electron chi connectivity index (χ0n) is 16.7. The van der Waals surface area contributed by atoms with Crippen molar-refractivity contribution in [3.8, 4) is 17.2 Å². The van der Waals surface area contributed by atoms with E-state index >= 15 is 0 Å². The predicted molar refractivity (Wildman–Crippen MR) is 106 cm³/mol. The van der Waals surface area contributed by atoms with Gasteiger partial charge in [-0.3, -0.25) is 4.79 Å². The van der Waals surface area contributed by atoms with Crippen LogP contribution in [0.15, 0.2) is 36.4 Å². The Hall–Kier alpha value is -3.35. The van der Waals surface area contributed by atoms with Gasteiger partial charge in [-0.25, -0.2) is 4.68 Å². The van der Waals surface area contributed by atoms with Crippen LogP contribution in [0.1, 0.15) is 32.9 Å². The van der Waals surface area contributed by atoms with E-state index in [1.807, 2.05) is 50.2 Å². The van der Waals surface area contributed by atoms with Gasteiger partial charge < -0.3 is 14.8 Å². The van der Waals surface area contributed by atoms with E-state index in [9.17, 15) is 4.79 Å². The Morgan fingerprint density at radius 3 is 2.43 bits per heavy atom. The van der Waals surface area contributed by atoms with Gasteiger partial charge in [-0.05, 0) is 61.7 Å². The van der Waals surface area contributed by atoms with Crippen molar-refractivity contribution in [1.29, 1.82) is 0 Å². The van der Waals surface area contributed by atoms with E-state index in [0.29, 0.717) is 29.4 Å². The molecule has 0 radical (unpaired) electrons. The zero-order valence-corrected chi connectivity index (χ0v) is 16.7. The second kappa shape index (κ2) is 8.12. The topological polar surface area (TPSA) is 78.3 Å². The molecular weight excluding hydrogens is 356 g/mol. The second-order valence-electron chi connectivity index (χ2n) is 6.58. The molecular formula is C21H24N4O3. The maximum Gasteiger partial charge on any atom is 0.274 e. The molecule has 0 bridgehead atoms. The fourth-order valence-electron chi connectivity index (χ4n) is 2.90. The maximum atomic E-state index is 12.6. The van der Waals surface area contributed by atoms with Crippen LogP contribution in [0.5, 0.6) is 11.5 Å². The van der Waals surface area contributed by atoms with Gasteiger partial charge in [0.1, 0.15) is 0 Å². The van der Waals surface area contributed by atoms with Crippen LogP contribution in [0.2, 0.25) is 0 Å². The van der Waals surface area contributed by atoms with Crippen LogP contribution < -0.4 is 14.8 Å². The van der Waals surface area contributed by atoms with E-state index in [-0.39, 0.29) is 5.91 Å². The molecule has 0 aliphatic carbocycles. The fraction of sp³-hybridized carbons (Fsp3) is 0.286. The Kier molecular flexibility index (Phi) is 5.63. The molecule has 146 valence electrons. The number of aromatic nitrogens is 3. The third-order valence-corrected chi connectivity index (χ3v) is 4.75. The molecule has 0 fully saturated rings. The fourth-order valence-corrected chi connectivity index (χ4v) is 2.90. The largest absolute Gasteiger partial charge is 0.493 e. The lowest BCUT2D eigenvalue weighted by molar-refractivity contribution is 0.0945. The van der Waals surface area contributed by atoms with E-state index < -0.39 is 0 Å². The first-order chi connectivity index (χ1) is 13.4. The minimum absolute atomic E-state index is 0.276. The van der Waals surface area contributed by atoms with E-state index in [1.165, 1.54) is 5.56 Å². The molecule has 1 N–H and O–H groups in total. The first kappa shape index (κ1) is 19.4. The first-order valence-corrected chi connectivity index (χ1v) is 8.93. The van der Waals surface area contributed by atoms with Crippen molar-refractivity contribution in [2.75, 3.05) is 14.2 Å². The number of carbonyl (C=O) groups excluding carboxylic acids is 1. The Bertz CT molecular complexity index is 1010. The van der Waals surface area contributed by atoms with Crippen molar-refractivity contribution in [3.05, 3.63) is 64.5 Å². The summed E-state index contributed by atoms with van der Waals surface area (Å²) in [6.45, 7) is 6.28. The molecule has 7 nitrogen and oxygen atoms in total. The molecule has 0 aliphatic rings. The monoisotopic (exact) mass is 380 g/mol. The number of amides is 1. The van der Waals surface area contributed by atoms with E-state index in [0.717, 1.165) is 16.8 Å². The number of nitrogens with zero attached hydrogens (tertiary/aromatic N) is 3. The van der Waals surface area contributed by atoms with Gasteiger partial charge in [-0.2, -0.15) is 0 Å². The highest BCUT2D eigenvalue weighted by molar-refractivity contribution is 5.93. The van der Waals surface area contributed by atoms with Crippen LogP contribution in [-0.2, 0) is 6.54 Å². The molecule has 0 saturated carbocycles. The van der Waals surface area contributed by atoms with Crippen molar-refractivity contribution < 1.29 is 14.3 Å². The van der Waals surface area contributed by atoms with Crippen LogP contribution >= 0.6 is 0 Å². The number of nitrogens with one attached hydrogen (secondary N) is 1. The van der Waals surface area contributed by atoms with Crippen molar-refractivity contribution >= 4 is 5.91 Å². The SMILES string of the molecule is COc1ccc(CNC(=O)c2nnn(-c3ccc(C)c(C)c3)c2C)cc1OC. The van der Waals surface area contributed by atoms with Gasteiger partial charge in [0.25, 0.3) is 5.91 Å². The molecule has 28 heavy (non-hydrogen) atoms. The summed E-state index contributed by atoms with van der Waals surface area (Å²) in [6.07, 6.45) is 0. The zero-order chi connectivity index (χ0) is 20.3. The highest BCUT2D eigenvalue weighted by Gasteiger charge is 2.17. The lowest BCUT2D eigenvalue weighted by Crippen LogP contribution is -2.24. The molecule has 0 atom stereocenters. The van der Waals surface area contributed by atoms with Crippen molar-refractivity contribution in [3.63, 3.8) is 0 Å². The van der Waals surface area contributed by atoms with Crippen molar-refractivity contribution in [2.45, 2.75) is 27.3 Å². The van der Waals surface area contributed by atoms with Gasteiger partial charge in [0.2, 0.25) is 0 Å². The molecule has 0 spiro atoms. The van der Waals surface area contributed by atoms with Crippen LogP contribution in [-0.4, -0.2) is 35.1 Å². The summed E-state index contributed by atoms with van der Waals surface area (Å²) in [5.41, 5.74) is 5.13. The van der Waals surface area contributed by atoms with Crippen LogP contribution in [0, 0.1) is 20.8 Å². The first-order valence-electron chi connectivity index (χ1n) is 8.93. The lowest BCUT2D eigenvalue weighted by atomic mass is 10.1. The summed E-state index contributed by atoms with van der Waals surface area (Å²) in [6, 6.07) is 11.5. The van der Waals surface area contributed by atoms with E-state index in [4.69, 9.17) is 9.47 Å². The lowest BCUT2D eigenvalue weighted by Gasteiger charge is -2.10. The molecule has 7 heteroatoms. The number of hydrogen-bond acceptors (Lipinski definition) is 5. The van der Waals surface area contributed by atoms with Crippen molar-refractivity contribution in [2.24, 2.45) is 0 Å². The Labute approximate surface area is 164 Å². The molecule has 2 aromatic carbocycles. The number of aryl methyl sites for hydroxylation is 2. The molecule has 3 rings (SSSR count). The molecule has 0 aliphatic heterocycles. The number of hydrogen-bond donors (Lipinski definition) is 1. The Balaban J connectivity index is 1.75. The normalized spacial score (nSPS) is 10.6. The van der Waals surface area contributed by atoms with E-state index in [1.54, 1.807) is 18.9 Å². The van der Waals surface area contributed by atoms with Gasteiger partial charge in [-0.1, -0.05) is 17.3 Å². The Morgan fingerprint density at radius 1 is 1.00 bits per heavy atom. The van der Waals surface area contributed by atoms with Gasteiger partial charge in [-0.15, -0.1) is 5.10 Å². The standard InChI is InChI=1S/C21H24N4O3/c1-13-6-8-17(10-14(13)2)25-15(3)20(23-24-25)21(26)22-12-16-7-9-18(27-4)19(11-16)28-5/h6-11H,12H2,1-5H3,(H,22,26). The number of methoxy groups -OCH3 is 2. The second-order valence-corrected chi connectivity index (χ2v) is 6.58. The van der Waals surface area contributed by atoms with Gasteiger partial charge in [0.15, 0.2) is 17.2 Å². The highest BCUT2D eigenvalue weighted by Crippen LogP contribution is 2.27. The van der Waals surface area contributed by atoms with E-state index in [2.05, 4.69) is 22.6 Å². The third kappa shape index (κ3) is 3.83. The summed E-state index contributed by atoms with van der Waals surface area (Å²) in [7, 11) is 3.16. The number of ether oxygens (including phenoxy) is 2. The maximum absolute atomic E-state index is 12.6. The minimum Gasteiger partial charge on any atom is -0.493 e. The molecule has 1 amide bonds. The average molecular weight is 380 g/mol. The summed E-state index contributed by atoms with van der Waals surface area (Å²) < 4.78 is 12.2. The predicted octanol–water partition coefficient (Wildman–Crippen LogP) is 3.14. The minimum atomic E-state index is -0.276. The third-order valence-electron chi connectivity index (χ3n) is 4.75. The summed E-state index contributed by atoms with van der Waals surface area (Å²) in [5.74, 6) is 0.984. The molecule has 0 unspecified atom stereocenters. The van der Waals surface area contributed by atoms with Crippen LogP contribution in [0.4, 0.5) is 0 Å². The van der Waals surface area contributed by atoms with Gasteiger partial charge in [0.05, 0.1) is 25.6 Å². The molecule has 1 aromatic heterocycles. The molecule has 0 saturated heterocycles. The van der Waals surface area contributed by atoms with Crippen LogP contribution in [0.3, 0.4) is 0 Å². The number of benzene rings is 2. The average Bonchev–Trinajstić information content (AvgIpc) is 3.09. The summed E-state index contributed by atoms with van der Waals surface area (Å²) in [5, 5.41) is 11.1. The van der Waals surface area contributed by atoms with Gasteiger partial charge in [0, 0.05) is 6.54 Å². The smallest absolute Gasteiger partial charge is 0.274 e. The quantitative estimate of drug-likeness (QED) is 0.711. The summed E-state index contributed by atoms with van der Waals surface area (Å²) in [4.78, 5) is 12.6. The molecule has 1 heterocycles. The van der Waals surface area contributed by atoms with Crippen LogP contribution in [0.25, 0.3) is 5.69 Å². The van der Waals surface area contributed by atoms with Crippen molar-refractivity contribution in [1.82, 2.24) is 20.3 Å². The van der Waals surface area contributed by atoms with Gasteiger partial charge >= 0.3 is 0 Å². The number of carbonyl (C=O) groups is 1.